The molecule has 1 saturated heterocycles. The number of hydrogen-bond acceptors (Lipinski definition) is 5. The molecule has 0 bridgehead atoms. The van der Waals surface area contributed by atoms with E-state index in [4.69, 9.17) is 4.74 Å². The normalized spacial score (nSPS) is 19.3. The molecule has 1 unspecified atom stereocenters. The number of nitrogens with zero attached hydrogens (tertiary/aromatic N) is 4. The second kappa shape index (κ2) is 8.14. The fourth-order valence-electron chi connectivity index (χ4n) is 4.02. The van der Waals surface area contributed by atoms with Crippen LogP contribution in [0.2, 0.25) is 0 Å². The minimum absolute atomic E-state index is 0.327. The van der Waals surface area contributed by atoms with Crippen LogP contribution in [0, 0.1) is 0 Å². The molecule has 5 heteroatoms. The zero-order chi connectivity index (χ0) is 17.8. The maximum Gasteiger partial charge on any atom is 0.119 e. The van der Waals surface area contributed by atoms with E-state index in [-0.39, 0.29) is 0 Å². The lowest BCUT2D eigenvalue weighted by Crippen LogP contribution is -2.48. The van der Waals surface area contributed by atoms with E-state index in [1.54, 1.807) is 12.4 Å². The van der Waals surface area contributed by atoms with Crippen molar-refractivity contribution in [2.75, 3.05) is 39.3 Å². The zero-order valence-electron chi connectivity index (χ0n) is 15.6. The van der Waals surface area contributed by atoms with Crippen molar-refractivity contribution in [3.63, 3.8) is 0 Å². The van der Waals surface area contributed by atoms with Crippen molar-refractivity contribution in [3.8, 4) is 5.75 Å². The Labute approximate surface area is 156 Å². The Morgan fingerprint density at radius 3 is 2.73 bits per heavy atom. The van der Waals surface area contributed by atoms with Crippen molar-refractivity contribution in [2.45, 2.75) is 32.2 Å². The van der Waals surface area contributed by atoms with E-state index < -0.39 is 0 Å². The first-order valence-electron chi connectivity index (χ1n) is 9.76. The van der Waals surface area contributed by atoms with Gasteiger partial charge in [-0.2, -0.15) is 0 Å². The summed E-state index contributed by atoms with van der Waals surface area (Å²) in [6.45, 7) is 8.27. The maximum atomic E-state index is 6.00. The summed E-state index contributed by atoms with van der Waals surface area (Å²) in [4.78, 5) is 13.6. The van der Waals surface area contributed by atoms with Crippen LogP contribution in [0.5, 0.6) is 5.75 Å². The average Bonchev–Trinajstić information content (AvgIpc) is 3.16. The van der Waals surface area contributed by atoms with Crippen LogP contribution >= 0.6 is 0 Å². The number of aryl methyl sites for hydroxylation is 2. The molecule has 5 nitrogen and oxygen atoms in total. The maximum absolute atomic E-state index is 6.00. The van der Waals surface area contributed by atoms with Gasteiger partial charge in [0.1, 0.15) is 12.4 Å². The van der Waals surface area contributed by atoms with Crippen molar-refractivity contribution >= 4 is 0 Å². The lowest BCUT2D eigenvalue weighted by Gasteiger charge is -2.37. The van der Waals surface area contributed by atoms with Gasteiger partial charge in [0.15, 0.2) is 0 Å². The summed E-state index contributed by atoms with van der Waals surface area (Å²) >= 11 is 0. The lowest BCUT2D eigenvalue weighted by atomic mass is 10.1. The molecule has 0 spiro atoms. The van der Waals surface area contributed by atoms with E-state index in [9.17, 15) is 0 Å². The van der Waals surface area contributed by atoms with Crippen LogP contribution in [-0.4, -0.2) is 59.1 Å². The Kier molecular flexibility index (Phi) is 5.46. The second-order valence-electron chi connectivity index (χ2n) is 7.32. The third-order valence-corrected chi connectivity index (χ3v) is 5.71. The third-order valence-electron chi connectivity index (χ3n) is 5.71. The van der Waals surface area contributed by atoms with Gasteiger partial charge in [0.05, 0.1) is 11.7 Å². The lowest BCUT2D eigenvalue weighted by molar-refractivity contribution is 0.0903. The van der Waals surface area contributed by atoms with Crippen molar-refractivity contribution in [3.05, 3.63) is 53.6 Å². The van der Waals surface area contributed by atoms with E-state index in [0.717, 1.165) is 50.8 Å². The van der Waals surface area contributed by atoms with Crippen LogP contribution in [0.3, 0.4) is 0 Å². The topological polar surface area (TPSA) is 41.5 Å². The molecule has 0 amide bonds. The molecule has 1 aromatic carbocycles. The summed E-state index contributed by atoms with van der Waals surface area (Å²) in [5.74, 6) is 1.03. The molecule has 1 fully saturated rings. The van der Waals surface area contributed by atoms with Crippen molar-refractivity contribution < 1.29 is 4.74 Å². The highest BCUT2D eigenvalue weighted by atomic mass is 16.5. The molecule has 4 rings (SSSR count). The Hall–Kier alpha value is -1.98. The van der Waals surface area contributed by atoms with Gasteiger partial charge in [-0.3, -0.25) is 19.8 Å². The first kappa shape index (κ1) is 17.4. The second-order valence-corrected chi connectivity index (χ2v) is 7.32. The van der Waals surface area contributed by atoms with Gasteiger partial charge in [0.2, 0.25) is 0 Å². The van der Waals surface area contributed by atoms with Crippen LogP contribution in [0.25, 0.3) is 0 Å². The van der Waals surface area contributed by atoms with Gasteiger partial charge in [-0.05, 0) is 49.4 Å². The summed E-state index contributed by atoms with van der Waals surface area (Å²) in [6, 6.07) is 6.94. The predicted molar refractivity (Wildman–Crippen MR) is 102 cm³/mol. The predicted octanol–water partition coefficient (Wildman–Crippen LogP) is 2.72. The molecule has 2 aliphatic rings. The highest BCUT2D eigenvalue weighted by Gasteiger charge is 2.22. The molecular weight excluding hydrogens is 324 g/mol. The largest absolute Gasteiger partial charge is 0.492 e. The number of hydrogen-bond donors (Lipinski definition) is 0. The number of fused-ring (bicyclic) bond motifs is 1. The highest BCUT2D eigenvalue weighted by Crippen LogP contribution is 2.26. The molecule has 2 aromatic rings. The standard InChI is InChI=1S/C21H28N4O/c1-17(21-16-22-7-8-23-21)25-11-9-24(10-12-25)13-14-26-20-6-5-18-3-2-4-19(18)15-20/h5-8,15-17H,2-4,9-14H2,1H3. The summed E-state index contributed by atoms with van der Waals surface area (Å²) in [6.07, 6.45) is 9.11. The van der Waals surface area contributed by atoms with E-state index in [1.165, 1.54) is 30.4 Å². The Bertz CT molecular complexity index is 713. The summed E-state index contributed by atoms with van der Waals surface area (Å²) < 4.78 is 6.00. The summed E-state index contributed by atoms with van der Waals surface area (Å²) in [5, 5.41) is 0. The van der Waals surface area contributed by atoms with Crippen LogP contribution in [0.4, 0.5) is 0 Å². The van der Waals surface area contributed by atoms with Crippen molar-refractivity contribution in [1.29, 1.82) is 0 Å². The smallest absolute Gasteiger partial charge is 0.119 e. The fourth-order valence-corrected chi connectivity index (χ4v) is 4.02. The molecule has 138 valence electrons. The molecule has 1 aromatic heterocycles. The number of benzene rings is 1. The summed E-state index contributed by atoms with van der Waals surface area (Å²) in [5.41, 5.74) is 4.04. The molecule has 1 aliphatic heterocycles. The zero-order valence-corrected chi connectivity index (χ0v) is 15.6. The minimum atomic E-state index is 0.327. The quantitative estimate of drug-likeness (QED) is 0.800. The molecule has 1 atom stereocenters. The van der Waals surface area contributed by atoms with Gasteiger partial charge < -0.3 is 4.74 Å². The Morgan fingerprint density at radius 1 is 1.08 bits per heavy atom. The molecule has 0 saturated carbocycles. The molecule has 0 N–H and O–H groups in total. The number of piperazine rings is 1. The van der Waals surface area contributed by atoms with Gasteiger partial charge in [0, 0.05) is 51.3 Å². The van der Waals surface area contributed by atoms with E-state index in [1.807, 2.05) is 6.20 Å². The SMILES string of the molecule is CC(c1cnccn1)N1CCN(CCOc2ccc3c(c2)CCC3)CC1. The Balaban J connectivity index is 1.21. The van der Waals surface area contributed by atoms with Crippen molar-refractivity contribution in [1.82, 2.24) is 19.8 Å². The van der Waals surface area contributed by atoms with E-state index in [2.05, 4.69) is 44.9 Å². The molecule has 26 heavy (non-hydrogen) atoms. The molecule has 1 aliphatic carbocycles. The number of ether oxygens (including phenoxy) is 1. The van der Waals surface area contributed by atoms with Gasteiger partial charge in [-0.1, -0.05) is 6.07 Å². The van der Waals surface area contributed by atoms with Crippen LogP contribution in [0.15, 0.2) is 36.8 Å². The highest BCUT2D eigenvalue weighted by molar-refractivity contribution is 5.38. The molecule has 0 radical (unpaired) electrons. The average molecular weight is 352 g/mol. The van der Waals surface area contributed by atoms with E-state index >= 15 is 0 Å². The van der Waals surface area contributed by atoms with Gasteiger partial charge in [0.25, 0.3) is 0 Å². The van der Waals surface area contributed by atoms with Crippen LogP contribution < -0.4 is 4.74 Å². The fraction of sp³-hybridized carbons (Fsp3) is 0.524. The monoisotopic (exact) mass is 352 g/mol. The Morgan fingerprint density at radius 2 is 1.92 bits per heavy atom. The van der Waals surface area contributed by atoms with Gasteiger partial charge >= 0.3 is 0 Å². The van der Waals surface area contributed by atoms with Crippen LogP contribution in [-0.2, 0) is 12.8 Å². The number of aromatic nitrogens is 2. The van der Waals surface area contributed by atoms with Crippen LogP contribution in [0.1, 0.15) is 36.2 Å². The summed E-state index contributed by atoms with van der Waals surface area (Å²) in [7, 11) is 0. The molecule has 2 heterocycles. The van der Waals surface area contributed by atoms with Gasteiger partial charge in [-0.25, -0.2) is 0 Å². The van der Waals surface area contributed by atoms with Crippen molar-refractivity contribution in [2.24, 2.45) is 0 Å². The molecular formula is C21H28N4O. The minimum Gasteiger partial charge on any atom is -0.492 e. The first-order chi connectivity index (χ1) is 12.8. The number of rotatable bonds is 6. The van der Waals surface area contributed by atoms with E-state index in [0.29, 0.717) is 6.04 Å². The first-order valence-corrected chi connectivity index (χ1v) is 9.76. The third kappa shape index (κ3) is 4.05. The van der Waals surface area contributed by atoms with Gasteiger partial charge in [-0.15, -0.1) is 0 Å².